The third kappa shape index (κ3) is 2.95. The molecule has 0 spiro atoms. The van der Waals surface area contributed by atoms with E-state index in [1.807, 2.05) is 0 Å². The lowest BCUT2D eigenvalue weighted by Gasteiger charge is -2.30. The van der Waals surface area contributed by atoms with Crippen LogP contribution < -0.4 is 5.32 Å². The number of nitrogens with one attached hydrogen (secondary N) is 1. The van der Waals surface area contributed by atoms with E-state index in [1.54, 1.807) is 0 Å². The fourth-order valence-electron chi connectivity index (χ4n) is 1.66. The summed E-state index contributed by atoms with van der Waals surface area (Å²) in [5, 5.41) is 3.34. The molecule has 2 heteroatoms. The van der Waals surface area contributed by atoms with Crippen molar-refractivity contribution in [1.82, 2.24) is 10.2 Å². The van der Waals surface area contributed by atoms with Gasteiger partial charge >= 0.3 is 0 Å². The maximum atomic E-state index is 3.34. The molecule has 0 aromatic carbocycles. The van der Waals surface area contributed by atoms with Crippen LogP contribution in [-0.4, -0.2) is 37.6 Å². The van der Waals surface area contributed by atoms with Crippen LogP contribution in [0.3, 0.4) is 0 Å². The first-order valence-electron chi connectivity index (χ1n) is 4.87. The second-order valence-corrected chi connectivity index (χ2v) is 3.43. The zero-order valence-electron chi connectivity index (χ0n) is 8.21. The zero-order valence-corrected chi connectivity index (χ0v) is 8.21. The maximum absolute atomic E-state index is 3.34. The molecule has 70 valence electrons. The molecule has 0 aromatic heterocycles. The largest absolute Gasteiger partial charge is 0.317 e. The zero-order chi connectivity index (χ0) is 8.81. The minimum atomic E-state index is 0.756. The highest BCUT2D eigenvalue weighted by Crippen LogP contribution is 2.08. The molecule has 0 saturated carbocycles. The Morgan fingerprint density at radius 1 is 1.42 bits per heavy atom. The third-order valence-electron chi connectivity index (χ3n) is 2.60. The minimum Gasteiger partial charge on any atom is -0.317 e. The van der Waals surface area contributed by atoms with Gasteiger partial charge in [0, 0.05) is 12.6 Å². The van der Waals surface area contributed by atoms with Crippen molar-refractivity contribution in [2.75, 3.05) is 26.7 Å². The van der Waals surface area contributed by atoms with Gasteiger partial charge in [0.15, 0.2) is 0 Å². The van der Waals surface area contributed by atoms with E-state index in [9.17, 15) is 0 Å². The third-order valence-corrected chi connectivity index (χ3v) is 2.60. The Balaban J connectivity index is 2.17. The first kappa shape index (κ1) is 9.75. The Morgan fingerprint density at radius 3 is 2.58 bits per heavy atom. The van der Waals surface area contributed by atoms with E-state index in [0.29, 0.717) is 0 Å². The summed E-state index contributed by atoms with van der Waals surface area (Å²) in [4.78, 5) is 2.51. The van der Waals surface area contributed by atoms with Crippen molar-refractivity contribution in [3.63, 3.8) is 0 Å². The van der Waals surface area contributed by atoms with Gasteiger partial charge in [-0.2, -0.15) is 0 Å². The predicted octanol–water partition coefficient (Wildman–Crippen LogP) is 1.25. The molecule has 1 saturated heterocycles. The van der Waals surface area contributed by atoms with Crippen LogP contribution in [-0.2, 0) is 0 Å². The van der Waals surface area contributed by atoms with Crippen LogP contribution in [0, 0.1) is 0 Å². The van der Waals surface area contributed by atoms with Gasteiger partial charge in [0.1, 0.15) is 0 Å². The van der Waals surface area contributed by atoms with Crippen LogP contribution >= 0.6 is 0 Å². The second kappa shape index (κ2) is 5.33. The number of rotatable bonds is 3. The predicted molar refractivity (Wildman–Crippen MR) is 53.3 cm³/mol. The van der Waals surface area contributed by atoms with E-state index in [-0.39, 0.29) is 0 Å². The summed E-state index contributed by atoms with van der Waals surface area (Å²) in [5.74, 6) is 0. The van der Waals surface area contributed by atoms with Crippen molar-refractivity contribution in [3.8, 4) is 0 Å². The average molecular weight is 168 g/mol. The molecule has 0 bridgehead atoms. The van der Waals surface area contributed by atoms with E-state index >= 15 is 0 Å². The Labute approximate surface area is 75.6 Å². The van der Waals surface area contributed by atoms with Crippen LogP contribution in [0.4, 0.5) is 0 Å². The fourth-order valence-corrected chi connectivity index (χ4v) is 1.66. The lowest BCUT2D eigenvalue weighted by Crippen LogP contribution is -2.41. The minimum absolute atomic E-state index is 0.756. The lowest BCUT2D eigenvalue weighted by molar-refractivity contribution is 0.220. The highest BCUT2D eigenvalue weighted by Gasteiger charge is 2.15. The SMILES string of the molecule is C/C=C/CN1CCC(NC)CC1. The lowest BCUT2D eigenvalue weighted by atomic mass is 10.1. The molecule has 0 unspecified atom stereocenters. The number of piperidine rings is 1. The first-order chi connectivity index (χ1) is 5.86. The molecule has 1 aliphatic heterocycles. The van der Waals surface area contributed by atoms with E-state index in [2.05, 4.69) is 36.3 Å². The van der Waals surface area contributed by atoms with Gasteiger partial charge in [-0.1, -0.05) is 12.2 Å². The topological polar surface area (TPSA) is 15.3 Å². The molecule has 1 rings (SSSR count). The molecule has 1 heterocycles. The molecule has 1 N–H and O–H groups in total. The average Bonchev–Trinajstić information content (AvgIpc) is 2.15. The van der Waals surface area contributed by atoms with Gasteiger partial charge in [-0.15, -0.1) is 0 Å². The first-order valence-corrected chi connectivity index (χ1v) is 4.87. The van der Waals surface area contributed by atoms with Crippen LogP contribution in [0.25, 0.3) is 0 Å². The standard InChI is InChI=1S/C10H20N2/c1-3-4-7-12-8-5-10(11-2)6-9-12/h3-4,10-11H,5-9H2,1-2H3/b4-3+. The van der Waals surface area contributed by atoms with Crippen molar-refractivity contribution in [1.29, 1.82) is 0 Å². The summed E-state index contributed by atoms with van der Waals surface area (Å²) >= 11 is 0. The van der Waals surface area contributed by atoms with E-state index in [1.165, 1.54) is 25.9 Å². The van der Waals surface area contributed by atoms with Gasteiger partial charge in [0.05, 0.1) is 0 Å². The van der Waals surface area contributed by atoms with E-state index < -0.39 is 0 Å². The molecular weight excluding hydrogens is 148 g/mol. The Kier molecular flexibility index (Phi) is 4.33. The molecule has 1 fully saturated rings. The van der Waals surface area contributed by atoms with Crippen molar-refractivity contribution >= 4 is 0 Å². The molecule has 0 radical (unpaired) electrons. The van der Waals surface area contributed by atoms with Crippen LogP contribution in [0.1, 0.15) is 19.8 Å². The molecule has 1 aliphatic rings. The number of likely N-dealkylation sites (tertiary alicyclic amines) is 1. The number of hydrogen-bond acceptors (Lipinski definition) is 2. The molecule has 0 aliphatic carbocycles. The van der Waals surface area contributed by atoms with Gasteiger partial charge in [-0.05, 0) is 39.9 Å². The van der Waals surface area contributed by atoms with Crippen molar-refractivity contribution in [3.05, 3.63) is 12.2 Å². The summed E-state index contributed by atoms with van der Waals surface area (Å²) in [6.07, 6.45) is 6.96. The van der Waals surface area contributed by atoms with E-state index in [4.69, 9.17) is 0 Å². The quantitative estimate of drug-likeness (QED) is 0.638. The number of hydrogen-bond donors (Lipinski definition) is 1. The highest BCUT2D eigenvalue weighted by molar-refractivity contribution is 4.84. The van der Waals surface area contributed by atoms with Gasteiger partial charge in [-0.25, -0.2) is 0 Å². The van der Waals surface area contributed by atoms with Crippen LogP contribution in [0.15, 0.2) is 12.2 Å². The molecule has 12 heavy (non-hydrogen) atoms. The molecule has 2 nitrogen and oxygen atoms in total. The number of allylic oxidation sites excluding steroid dienone is 1. The molecule has 0 atom stereocenters. The van der Waals surface area contributed by atoms with Crippen molar-refractivity contribution < 1.29 is 0 Å². The second-order valence-electron chi connectivity index (χ2n) is 3.43. The van der Waals surface area contributed by atoms with Gasteiger partial charge < -0.3 is 5.32 Å². The monoisotopic (exact) mass is 168 g/mol. The fraction of sp³-hybridized carbons (Fsp3) is 0.800. The summed E-state index contributed by atoms with van der Waals surface area (Å²) < 4.78 is 0. The number of nitrogens with zero attached hydrogens (tertiary/aromatic N) is 1. The smallest absolute Gasteiger partial charge is 0.0163 e. The Bertz CT molecular complexity index is 135. The van der Waals surface area contributed by atoms with Crippen molar-refractivity contribution in [2.45, 2.75) is 25.8 Å². The van der Waals surface area contributed by atoms with Gasteiger partial charge in [-0.3, -0.25) is 4.90 Å². The molecule has 0 amide bonds. The summed E-state index contributed by atoms with van der Waals surface area (Å²) in [5.41, 5.74) is 0. The van der Waals surface area contributed by atoms with Gasteiger partial charge in [0.2, 0.25) is 0 Å². The highest BCUT2D eigenvalue weighted by atomic mass is 15.1. The Hall–Kier alpha value is -0.340. The van der Waals surface area contributed by atoms with Crippen LogP contribution in [0.5, 0.6) is 0 Å². The van der Waals surface area contributed by atoms with Crippen LogP contribution in [0.2, 0.25) is 0 Å². The van der Waals surface area contributed by atoms with Crippen molar-refractivity contribution in [2.24, 2.45) is 0 Å². The van der Waals surface area contributed by atoms with E-state index in [0.717, 1.165) is 12.6 Å². The molecular formula is C10H20N2. The summed E-state index contributed by atoms with van der Waals surface area (Å²) in [6.45, 7) is 5.71. The summed E-state index contributed by atoms with van der Waals surface area (Å²) in [7, 11) is 2.06. The molecule has 0 aromatic rings. The van der Waals surface area contributed by atoms with Gasteiger partial charge in [0.25, 0.3) is 0 Å². The summed E-state index contributed by atoms with van der Waals surface area (Å²) in [6, 6.07) is 0.756. The maximum Gasteiger partial charge on any atom is 0.0163 e. The Morgan fingerprint density at radius 2 is 2.08 bits per heavy atom. The normalized spacial score (nSPS) is 22.2.